The quantitative estimate of drug-likeness (QED) is 0.471. The Balaban J connectivity index is 1.97. The fraction of sp³-hybridized carbons (Fsp3) is 0.222. The number of ether oxygens (including phenoxy) is 1. The molecule has 0 aliphatic heterocycles. The molecule has 0 spiro atoms. The van der Waals surface area contributed by atoms with Gasteiger partial charge in [-0.3, -0.25) is 9.59 Å². The number of esters is 1. The van der Waals surface area contributed by atoms with Crippen LogP contribution in [-0.2, 0) is 34.4 Å². The van der Waals surface area contributed by atoms with E-state index >= 15 is 0 Å². The highest BCUT2D eigenvalue weighted by Crippen LogP contribution is 2.26. The zero-order valence-electron chi connectivity index (χ0n) is 17.1. The Morgan fingerprint density at radius 2 is 1.67 bits per heavy atom. The summed E-state index contributed by atoms with van der Waals surface area (Å²) in [7, 11) is -5.89. The van der Waals surface area contributed by atoms with Gasteiger partial charge < -0.3 is 10.1 Å². The molecule has 0 aliphatic rings. The topological polar surface area (TPSA) is 139 Å². The number of hydrogen-bond donors (Lipinski definition) is 2. The molecular formula is C18H18ClF2N3O7S2. The number of rotatable bonds is 9. The second-order valence-electron chi connectivity index (χ2n) is 6.51. The minimum Gasteiger partial charge on any atom is -0.455 e. The molecule has 0 bridgehead atoms. The van der Waals surface area contributed by atoms with Gasteiger partial charge in [0.2, 0.25) is 20.0 Å². The number of sulfonamides is 2. The summed E-state index contributed by atoms with van der Waals surface area (Å²) in [5.74, 6) is -4.84. The summed E-state index contributed by atoms with van der Waals surface area (Å²) >= 11 is 5.95. The first-order chi connectivity index (χ1) is 15.3. The highest BCUT2D eigenvalue weighted by molar-refractivity contribution is 7.89. The van der Waals surface area contributed by atoms with Gasteiger partial charge in [-0.1, -0.05) is 17.7 Å². The molecule has 0 radical (unpaired) electrons. The minimum atomic E-state index is -4.71. The fourth-order valence-electron chi connectivity index (χ4n) is 2.32. The van der Waals surface area contributed by atoms with E-state index in [1.165, 1.54) is 26.2 Å². The van der Waals surface area contributed by atoms with Gasteiger partial charge in [-0.15, -0.1) is 0 Å². The normalized spacial score (nSPS) is 11.9. The number of amides is 1. The van der Waals surface area contributed by atoms with Gasteiger partial charge in [-0.2, -0.15) is 4.72 Å². The van der Waals surface area contributed by atoms with Gasteiger partial charge in [-0.05, 0) is 30.3 Å². The molecule has 0 heterocycles. The first kappa shape index (κ1) is 26.6. The summed E-state index contributed by atoms with van der Waals surface area (Å²) in [5, 5.41) is 2.27. The molecule has 33 heavy (non-hydrogen) atoms. The second-order valence-corrected chi connectivity index (χ2v) is 10.8. The predicted molar refractivity (Wildman–Crippen MR) is 113 cm³/mol. The third-order valence-electron chi connectivity index (χ3n) is 3.95. The molecule has 1 amide bonds. The van der Waals surface area contributed by atoms with Crippen LogP contribution in [-0.4, -0.2) is 60.3 Å². The summed E-state index contributed by atoms with van der Waals surface area (Å²) < 4.78 is 82.9. The van der Waals surface area contributed by atoms with Crippen molar-refractivity contribution >= 4 is 49.2 Å². The average molecular weight is 526 g/mol. The van der Waals surface area contributed by atoms with E-state index in [1.807, 2.05) is 0 Å². The van der Waals surface area contributed by atoms with Crippen LogP contribution < -0.4 is 10.0 Å². The fourth-order valence-corrected chi connectivity index (χ4v) is 4.52. The van der Waals surface area contributed by atoms with Crippen LogP contribution in [0.4, 0.5) is 14.5 Å². The molecule has 0 atom stereocenters. The summed E-state index contributed by atoms with van der Waals surface area (Å²) in [6, 6.07) is 6.01. The zero-order chi connectivity index (χ0) is 25.0. The standard InChI is InChI=1S/C18H18ClF2N3O7S2/c1-24(2)33(29,30)11-6-7-12(19)15(8-11)23-16(25)10-31-17(26)9-22-32(27,28)18-13(20)4-3-5-14(18)21/h3-8,22H,9-10H2,1-2H3,(H,23,25). The molecule has 0 aromatic heterocycles. The smallest absolute Gasteiger partial charge is 0.321 e. The van der Waals surface area contributed by atoms with Gasteiger partial charge in [-0.25, -0.2) is 29.9 Å². The van der Waals surface area contributed by atoms with Crippen molar-refractivity contribution in [1.82, 2.24) is 9.03 Å². The van der Waals surface area contributed by atoms with Gasteiger partial charge in [0.15, 0.2) is 11.5 Å². The molecule has 10 nitrogen and oxygen atoms in total. The van der Waals surface area contributed by atoms with E-state index in [0.29, 0.717) is 0 Å². The Bertz CT molecular complexity index is 1270. The number of carbonyl (C=O) groups is 2. The largest absolute Gasteiger partial charge is 0.455 e. The number of anilines is 1. The Morgan fingerprint density at radius 3 is 2.24 bits per heavy atom. The number of hydrogen-bond acceptors (Lipinski definition) is 7. The maximum Gasteiger partial charge on any atom is 0.321 e. The second kappa shape index (κ2) is 10.5. The molecule has 0 saturated carbocycles. The van der Waals surface area contributed by atoms with Crippen molar-refractivity contribution in [3.63, 3.8) is 0 Å². The van der Waals surface area contributed by atoms with Crippen molar-refractivity contribution < 1.29 is 39.9 Å². The molecule has 0 unspecified atom stereocenters. The van der Waals surface area contributed by atoms with E-state index < -0.39 is 61.6 Å². The summed E-state index contributed by atoms with van der Waals surface area (Å²) in [4.78, 5) is 22.4. The Kier molecular flexibility index (Phi) is 8.48. The van der Waals surface area contributed by atoms with E-state index in [9.17, 15) is 35.2 Å². The van der Waals surface area contributed by atoms with E-state index in [-0.39, 0.29) is 15.6 Å². The number of benzene rings is 2. The van der Waals surface area contributed by atoms with Crippen molar-refractivity contribution in [2.75, 3.05) is 32.6 Å². The van der Waals surface area contributed by atoms with Crippen molar-refractivity contribution in [2.24, 2.45) is 0 Å². The van der Waals surface area contributed by atoms with Crippen molar-refractivity contribution in [3.05, 3.63) is 53.1 Å². The van der Waals surface area contributed by atoms with Gasteiger partial charge in [0, 0.05) is 14.1 Å². The number of nitrogens with zero attached hydrogens (tertiary/aromatic N) is 1. The third kappa shape index (κ3) is 6.68. The van der Waals surface area contributed by atoms with E-state index in [2.05, 4.69) is 10.1 Å². The average Bonchev–Trinajstić information content (AvgIpc) is 2.72. The lowest BCUT2D eigenvalue weighted by Gasteiger charge is -2.14. The van der Waals surface area contributed by atoms with E-state index in [1.54, 1.807) is 4.72 Å². The predicted octanol–water partition coefficient (Wildman–Crippen LogP) is 1.33. The number of carbonyl (C=O) groups excluding carboxylic acids is 2. The lowest BCUT2D eigenvalue weighted by Crippen LogP contribution is -2.33. The molecule has 2 aromatic rings. The maximum absolute atomic E-state index is 13.6. The molecule has 2 N–H and O–H groups in total. The van der Waals surface area contributed by atoms with E-state index in [4.69, 9.17) is 11.6 Å². The molecule has 2 aromatic carbocycles. The van der Waals surface area contributed by atoms with Crippen LogP contribution in [0, 0.1) is 11.6 Å². The Morgan fingerprint density at radius 1 is 1.06 bits per heavy atom. The van der Waals surface area contributed by atoms with Gasteiger partial charge in [0.25, 0.3) is 5.91 Å². The van der Waals surface area contributed by atoms with Crippen molar-refractivity contribution in [2.45, 2.75) is 9.79 Å². The molecule has 15 heteroatoms. The van der Waals surface area contributed by atoms with Crippen molar-refractivity contribution in [1.29, 1.82) is 0 Å². The highest BCUT2D eigenvalue weighted by Gasteiger charge is 2.25. The van der Waals surface area contributed by atoms with Gasteiger partial charge in [0.1, 0.15) is 18.2 Å². The lowest BCUT2D eigenvalue weighted by atomic mass is 10.3. The van der Waals surface area contributed by atoms with Gasteiger partial charge >= 0.3 is 5.97 Å². The van der Waals surface area contributed by atoms with Crippen LogP contribution in [0.5, 0.6) is 0 Å². The monoisotopic (exact) mass is 525 g/mol. The van der Waals surface area contributed by atoms with Crippen LogP contribution in [0.3, 0.4) is 0 Å². The third-order valence-corrected chi connectivity index (χ3v) is 7.54. The Hall–Kier alpha value is -2.65. The van der Waals surface area contributed by atoms with Gasteiger partial charge in [0.05, 0.1) is 15.6 Å². The van der Waals surface area contributed by atoms with Crippen LogP contribution >= 0.6 is 11.6 Å². The summed E-state index contributed by atoms with van der Waals surface area (Å²) in [6.45, 7) is -1.89. The molecule has 0 fully saturated rings. The first-order valence-electron chi connectivity index (χ1n) is 8.87. The number of nitrogens with one attached hydrogen (secondary N) is 2. The highest BCUT2D eigenvalue weighted by atomic mass is 35.5. The molecular weight excluding hydrogens is 508 g/mol. The molecule has 180 valence electrons. The minimum absolute atomic E-state index is 0.00653. The first-order valence-corrected chi connectivity index (χ1v) is 12.2. The van der Waals surface area contributed by atoms with Crippen molar-refractivity contribution in [3.8, 4) is 0 Å². The summed E-state index contributed by atoms with van der Waals surface area (Å²) in [5.41, 5.74) is -0.0728. The Labute approximate surface area is 193 Å². The number of halogens is 3. The van der Waals surface area contributed by atoms with Crippen LogP contribution in [0.1, 0.15) is 0 Å². The molecule has 0 saturated heterocycles. The zero-order valence-corrected chi connectivity index (χ0v) is 19.5. The SMILES string of the molecule is CN(C)S(=O)(=O)c1ccc(Cl)c(NC(=O)COC(=O)CNS(=O)(=O)c2c(F)cccc2F)c1. The van der Waals surface area contributed by atoms with Crippen LogP contribution in [0.25, 0.3) is 0 Å². The van der Waals surface area contributed by atoms with Crippen LogP contribution in [0.15, 0.2) is 46.2 Å². The summed E-state index contributed by atoms with van der Waals surface area (Å²) in [6.07, 6.45) is 0. The molecule has 2 rings (SSSR count). The van der Waals surface area contributed by atoms with Crippen LogP contribution in [0.2, 0.25) is 5.02 Å². The van der Waals surface area contributed by atoms with E-state index in [0.717, 1.165) is 28.6 Å². The molecule has 0 aliphatic carbocycles. The maximum atomic E-state index is 13.6. The lowest BCUT2D eigenvalue weighted by molar-refractivity contribution is -0.146.